The van der Waals surface area contributed by atoms with Crippen LogP contribution in [0.5, 0.6) is 5.75 Å². The lowest BCUT2D eigenvalue weighted by Gasteiger charge is -2.14. The van der Waals surface area contributed by atoms with Gasteiger partial charge in [0.05, 0.1) is 0 Å². The number of aromatic amines is 1. The van der Waals surface area contributed by atoms with E-state index in [-0.39, 0.29) is 16.7 Å². The van der Waals surface area contributed by atoms with Crippen molar-refractivity contribution in [1.82, 2.24) is 4.98 Å². The number of aromatic nitrogens is 1. The Morgan fingerprint density at radius 3 is 2.50 bits per heavy atom. The lowest BCUT2D eigenvalue weighted by molar-refractivity contribution is -0.274. The molecule has 0 fully saturated rings. The van der Waals surface area contributed by atoms with Gasteiger partial charge in [-0.15, -0.1) is 13.2 Å². The average molecular weight is 312 g/mol. The molecule has 1 aromatic heterocycles. The molecular formula is C14H8F4N2O2. The van der Waals surface area contributed by atoms with E-state index in [9.17, 15) is 22.4 Å². The Labute approximate surface area is 121 Å². The zero-order valence-electron chi connectivity index (χ0n) is 11.1. The monoisotopic (exact) mass is 312 g/mol. The summed E-state index contributed by atoms with van der Waals surface area (Å²) in [6.45, 7) is 1.50. The lowest BCUT2D eigenvalue weighted by Crippen LogP contribution is -2.18. The average Bonchev–Trinajstić information content (AvgIpc) is 2.36. The minimum atomic E-state index is -5.04. The molecule has 1 N–H and O–H groups in total. The second-order valence-electron chi connectivity index (χ2n) is 4.37. The van der Waals surface area contributed by atoms with E-state index in [1.165, 1.54) is 13.0 Å². The van der Waals surface area contributed by atoms with Gasteiger partial charge in [-0.05, 0) is 25.1 Å². The first-order chi connectivity index (χ1) is 10.2. The van der Waals surface area contributed by atoms with Crippen LogP contribution in [0, 0.1) is 24.1 Å². The van der Waals surface area contributed by atoms with Crippen molar-refractivity contribution in [2.24, 2.45) is 0 Å². The highest BCUT2D eigenvalue weighted by Gasteiger charge is 2.33. The van der Waals surface area contributed by atoms with Gasteiger partial charge in [-0.25, -0.2) is 4.39 Å². The first-order valence-corrected chi connectivity index (χ1v) is 5.91. The fourth-order valence-corrected chi connectivity index (χ4v) is 1.94. The van der Waals surface area contributed by atoms with Gasteiger partial charge in [-0.1, -0.05) is 0 Å². The van der Waals surface area contributed by atoms with Gasteiger partial charge in [0.2, 0.25) is 0 Å². The Morgan fingerprint density at radius 1 is 1.23 bits per heavy atom. The van der Waals surface area contributed by atoms with Gasteiger partial charge >= 0.3 is 6.36 Å². The standard InChI is InChI=1S/C14H8F4N2O2/c1-7-4-10(11(6-19)13(21)20-7)9-3-2-8(15)5-12(9)22-14(16,17)18/h2-5H,1H3,(H,20,21). The van der Waals surface area contributed by atoms with Gasteiger partial charge in [0.15, 0.2) is 0 Å². The zero-order chi connectivity index (χ0) is 16.5. The summed E-state index contributed by atoms with van der Waals surface area (Å²) < 4.78 is 54.3. The molecule has 0 amide bonds. The molecule has 0 spiro atoms. The van der Waals surface area contributed by atoms with Gasteiger partial charge in [-0.2, -0.15) is 5.26 Å². The van der Waals surface area contributed by atoms with E-state index in [4.69, 9.17) is 5.26 Å². The molecule has 114 valence electrons. The minimum absolute atomic E-state index is 0.0667. The highest BCUT2D eigenvalue weighted by molar-refractivity contribution is 5.75. The number of halogens is 4. The summed E-state index contributed by atoms with van der Waals surface area (Å²) in [6, 6.07) is 5.41. The molecule has 0 saturated heterocycles. The maximum absolute atomic E-state index is 13.2. The SMILES string of the molecule is Cc1cc(-c2ccc(F)cc2OC(F)(F)F)c(C#N)c(=O)[nH]1. The maximum Gasteiger partial charge on any atom is 0.573 e. The number of nitrogens with one attached hydrogen (secondary N) is 1. The summed E-state index contributed by atoms with van der Waals surface area (Å²) in [7, 11) is 0. The third kappa shape index (κ3) is 3.25. The van der Waals surface area contributed by atoms with E-state index >= 15 is 0 Å². The normalized spacial score (nSPS) is 11.1. The third-order valence-corrected chi connectivity index (χ3v) is 2.74. The number of benzene rings is 1. The fraction of sp³-hybridized carbons (Fsp3) is 0.143. The van der Waals surface area contributed by atoms with E-state index in [1.807, 2.05) is 0 Å². The largest absolute Gasteiger partial charge is 0.573 e. The third-order valence-electron chi connectivity index (χ3n) is 2.74. The van der Waals surface area contributed by atoms with Crippen molar-refractivity contribution in [3.05, 3.63) is 51.7 Å². The van der Waals surface area contributed by atoms with Crippen molar-refractivity contribution in [3.8, 4) is 22.9 Å². The fourth-order valence-electron chi connectivity index (χ4n) is 1.94. The van der Waals surface area contributed by atoms with Crippen LogP contribution in [0.2, 0.25) is 0 Å². The maximum atomic E-state index is 13.2. The lowest BCUT2D eigenvalue weighted by atomic mass is 10.00. The number of ether oxygens (including phenoxy) is 1. The molecule has 22 heavy (non-hydrogen) atoms. The molecular weight excluding hydrogens is 304 g/mol. The first-order valence-electron chi connectivity index (χ1n) is 5.91. The molecule has 0 atom stereocenters. The molecule has 2 aromatic rings. The van der Waals surface area contributed by atoms with E-state index in [0.717, 1.165) is 12.1 Å². The number of rotatable bonds is 2. The van der Waals surface area contributed by atoms with Crippen LogP contribution >= 0.6 is 0 Å². The molecule has 0 unspecified atom stereocenters. The highest BCUT2D eigenvalue weighted by Crippen LogP contribution is 2.35. The van der Waals surface area contributed by atoms with Crippen LogP contribution in [-0.4, -0.2) is 11.3 Å². The molecule has 0 aliphatic rings. The smallest absolute Gasteiger partial charge is 0.405 e. The summed E-state index contributed by atoms with van der Waals surface area (Å²) in [5.41, 5.74) is -1.07. The molecule has 4 nitrogen and oxygen atoms in total. The topological polar surface area (TPSA) is 65.9 Å². The number of pyridine rings is 1. The Bertz CT molecular complexity index is 819. The molecule has 0 bridgehead atoms. The minimum Gasteiger partial charge on any atom is -0.405 e. The van der Waals surface area contributed by atoms with E-state index in [2.05, 4.69) is 9.72 Å². The van der Waals surface area contributed by atoms with E-state index in [1.54, 1.807) is 6.07 Å². The summed E-state index contributed by atoms with van der Waals surface area (Å²) in [5.74, 6) is -1.77. The van der Waals surface area contributed by atoms with Crippen molar-refractivity contribution < 1.29 is 22.3 Å². The van der Waals surface area contributed by atoms with Crippen molar-refractivity contribution in [2.45, 2.75) is 13.3 Å². The van der Waals surface area contributed by atoms with Crippen LogP contribution < -0.4 is 10.3 Å². The molecule has 0 radical (unpaired) electrons. The quantitative estimate of drug-likeness (QED) is 0.866. The van der Waals surface area contributed by atoms with Crippen molar-refractivity contribution in [2.75, 3.05) is 0 Å². The number of H-pyrrole nitrogens is 1. The number of nitriles is 1. The van der Waals surface area contributed by atoms with Crippen LogP contribution in [-0.2, 0) is 0 Å². The molecule has 2 rings (SSSR count). The van der Waals surface area contributed by atoms with Gasteiger partial charge in [0.1, 0.15) is 23.2 Å². The van der Waals surface area contributed by atoms with Crippen molar-refractivity contribution >= 4 is 0 Å². The summed E-state index contributed by atoms with van der Waals surface area (Å²) >= 11 is 0. The molecule has 1 aromatic carbocycles. The Kier molecular flexibility index (Phi) is 3.91. The Balaban J connectivity index is 2.74. The van der Waals surface area contributed by atoms with Crippen LogP contribution in [0.3, 0.4) is 0 Å². The van der Waals surface area contributed by atoms with Crippen LogP contribution in [0.1, 0.15) is 11.3 Å². The van der Waals surface area contributed by atoms with Gasteiger partial charge in [-0.3, -0.25) is 4.79 Å². The summed E-state index contributed by atoms with van der Waals surface area (Å²) in [4.78, 5) is 14.1. The molecule has 0 aliphatic heterocycles. The zero-order valence-corrected chi connectivity index (χ0v) is 11.1. The van der Waals surface area contributed by atoms with E-state index < -0.39 is 23.5 Å². The van der Waals surface area contributed by atoms with E-state index in [0.29, 0.717) is 11.8 Å². The number of hydrogen-bond acceptors (Lipinski definition) is 3. The molecule has 8 heteroatoms. The first kappa shape index (κ1) is 15.6. The summed E-state index contributed by atoms with van der Waals surface area (Å²) in [6.07, 6.45) is -5.04. The molecule has 0 aliphatic carbocycles. The second-order valence-corrected chi connectivity index (χ2v) is 4.37. The molecule has 1 heterocycles. The predicted octanol–water partition coefficient (Wildman–Crippen LogP) is 3.26. The van der Waals surface area contributed by atoms with Crippen LogP contribution in [0.25, 0.3) is 11.1 Å². The highest BCUT2D eigenvalue weighted by atomic mass is 19.4. The number of nitrogens with zero attached hydrogens (tertiary/aromatic N) is 1. The van der Waals surface area contributed by atoms with Crippen LogP contribution in [0.15, 0.2) is 29.1 Å². The Morgan fingerprint density at radius 2 is 1.91 bits per heavy atom. The van der Waals surface area contributed by atoms with Gasteiger partial charge < -0.3 is 9.72 Å². The van der Waals surface area contributed by atoms with Crippen molar-refractivity contribution in [1.29, 1.82) is 5.26 Å². The number of hydrogen-bond donors (Lipinski definition) is 1. The Hall–Kier alpha value is -2.82. The predicted molar refractivity (Wildman–Crippen MR) is 68.6 cm³/mol. The second kappa shape index (κ2) is 5.52. The number of aryl methyl sites for hydroxylation is 1. The number of alkyl halides is 3. The molecule has 0 saturated carbocycles. The van der Waals surface area contributed by atoms with Gasteiger partial charge in [0.25, 0.3) is 5.56 Å². The van der Waals surface area contributed by atoms with Crippen molar-refractivity contribution in [3.63, 3.8) is 0 Å². The summed E-state index contributed by atoms with van der Waals surface area (Å²) in [5, 5.41) is 9.02. The van der Waals surface area contributed by atoms with Crippen LogP contribution in [0.4, 0.5) is 17.6 Å². The van der Waals surface area contributed by atoms with Gasteiger partial charge in [0, 0.05) is 22.9 Å².